The number of benzene rings is 1. The molecule has 0 aromatic heterocycles. The van der Waals surface area contributed by atoms with Gasteiger partial charge in [0.15, 0.2) is 0 Å². The van der Waals surface area contributed by atoms with Crippen molar-refractivity contribution in [3.05, 3.63) is 33.9 Å². The van der Waals surface area contributed by atoms with Gasteiger partial charge in [-0.2, -0.15) is 0 Å². The topological polar surface area (TPSA) is 103 Å². The molecule has 1 heterocycles. The highest BCUT2D eigenvalue weighted by Crippen LogP contribution is 2.41. The SMILES string of the molecule is CCOC1CC(C(C)(C)CNC(=O)COC)Nc2ccc([N+](=O)[O-])cc21. The predicted molar refractivity (Wildman–Crippen MR) is 98.2 cm³/mol. The third-order valence-corrected chi connectivity index (χ3v) is 4.70. The number of hydrogen-bond donors (Lipinski definition) is 2. The summed E-state index contributed by atoms with van der Waals surface area (Å²) >= 11 is 0. The molecule has 0 radical (unpaired) electrons. The van der Waals surface area contributed by atoms with E-state index in [1.807, 2.05) is 6.92 Å². The second-order valence-corrected chi connectivity index (χ2v) is 7.10. The number of nitro benzene ring substituents is 1. The van der Waals surface area contributed by atoms with E-state index in [1.54, 1.807) is 12.1 Å². The van der Waals surface area contributed by atoms with Crippen molar-refractivity contribution in [2.24, 2.45) is 5.41 Å². The Morgan fingerprint density at radius 3 is 2.81 bits per heavy atom. The van der Waals surface area contributed by atoms with Gasteiger partial charge in [0.2, 0.25) is 5.91 Å². The van der Waals surface area contributed by atoms with Crippen LogP contribution in [-0.2, 0) is 14.3 Å². The lowest BCUT2D eigenvalue weighted by Gasteiger charge is -2.41. The first kappa shape index (κ1) is 20.1. The first-order valence-electron chi connectivity index (χ1n) is 8.70. The molecule has 2 N–H and O–H groups in total. The fraction of sp³-hybridized carbons (Fsp3) is 0.611. The van der Waals surface area contributed by atoms with Crippen molar-refractivity contribution in [1.29, 1.82) is 0 Å². The van der Waals surface area contributed by atoms with Crippen molar-refractivity contribution >= 4 is 17.3 Å². The summed E-state index contributed by atoms with van der Waals surface area (Å²) in [5, 5.41) is 17.4. The zero-order valence-corrected chi connectivity index (χ0v) is 15.7. The zero-order chi connectivity index (χ0) is 19.3. The van der Waals surface area contributed by atoms with Crippen LogP contribution in [0.5, 0.6) is 0 Å². The van der Waals surface area contributed by atoms with E-state index in [4.69, 9.17) is 9.47 Å². The Morgan fingerprint density at radius 2 is 2.19 bits per heavy atom. The highest BCUT2D eigenvalue weighted by atomic mass is 16.6. The predicted octanol–water partition coefficient (Wildman–Crippen LogP) is 2.65. The maximum absolute atomic E-state index is 11.7. The molecule has 1 aliphatic rings. The minimum Gasteiger partial charge on any atom is -0.381 e. The lowest BCUT2D eigenvalue weighted by atomic mass is 9.78. The Bertz CT molecular complexity index is 662. The number of fused-ring (bicyclic) bond motifs is 1. The molecule has 0 saturated heterocycles. The average Bonchev–Trinajstić information content (AvgIpc) is 2.60. The molecule has 0 fully saturated rings. The normalized spacial score (nSPS) is 19.4. The standard InChI is InChI=1S/C18H27N3O5/c1-5-26-15-9-16(18(2,3)11-19-17(22)10-25-4)20-14-7-6-12(21(23)24)8-13(14)15/h6-8,15-16,20H,5,9-11H2,1-4H3,(H,19,22). The number of carbonyl (C=O) groups is 1. The molecule has 1 aromatic rings. The number of nitro groups is 1. The molecule has 0 spiro atoms. The number of anilines is 1. The van der Waals surface area contributed by atoms with Gasteiger partial charge in [-0.1, -0.05) is 13.8 Å². The minimum absolute atomic E-state index is 0.0300. The Hall–Kier alpha value is -2.19. The largest absolute Gasteiger partial charge is 0.381 e. The molecule has 2 unspecified atom stereocenters. The van der Waals surface area contributed by atoms with Gasteiger partial charge in [-0.3, -0.25) is 14.9 Å². The van der Waals surface area contributed by atoms with E-state index in [0.29, 0.717) is 19.6 Å². The maximum Gasteiger partial charge on any atom is 0.269 e. The molecule has 8 heteroatoms. The van der Waals surface area contributed by atoms with Gasteiger partial charge in [0.05, 0.1) is 11.0 Å². The second-order valence-electron chi connectivity index (χ2n) is 7.10. The lowest BCUT2D eigenvalue weighted by molar-refractivity contribution is -0.385. The van der Waals surface area contributed by atoms with Crippen molar-refractivity contribution in [3.63, 3.8) is 0 Å². The maximum atomic E-state index is 11.7. The van der Waals surface area contributed by atoms with E-state index in [-0.39, 0.29) is 35.8 Å². The number of nitrogens with one attached hydrogen (secondary N) is 2. The van der Waals surface area contributed by atoms with Crippen LogP contribution < -0.4 is 10.6 Å². The first-order valence-corrected chi connectivity index (χ1v) is 8.70. The number of methoxy groups -OCH3 is 1. The van der Waals surface area contributed by atoms with E-state index in [2.05, 4.69) is 24.5 Å². The molecular weight excluding hydrogens is 338 g/mol. The Kier molecular flexibility index (Phi) is 6.55. The zero-order valence-electron chi connectivity index (χ0n) is 15.7. The molecule has 1 amide bonds. The molecule has 1 aromatic carbocycles. The summed E-state index contributed by atoms with van der Waals surface area (Å²) in [7, 11) is 1.48. The molecular formula is C18H27N3O5. The van der Waals surface area contributed by atoms with Gasteiger partial charge >= 0.3 is 0 Å². The number of carbonyl (C=O) groups excluding carboxylic acids is 1. The smallest absolute Gasteiger partial charge is 0.269 e. The third-order valence-electron chi connectivity index (χ3n) is 4.70. The minimum atomic E-state index is -0.398. The van der Waals surface area contributed by atoms with Crippen LogP contribution in [0.1, 0.15) is 38.9 Å². The molecule has 2 rings (SSSR count). The lowest BCUT2D eigenvalue weighted by Crippen LogP contribution is -2.47. The van der Waals surface area contributed by atoms with Gasteiger partial charge in [0, 0.05) is 55.1 Å². The summed E-state index contributed by atoms with van der Waals surface area (Å²) < 4.78 is 10.7. The first-order chi connectivity index (χ1) is 12.3. The Morgan fingerprint density at radius 1 is 1.46 bits per heavy atom. The Labute approximate surface area is 153 Å². The summed E-state index contributed by atoms with van der Waals surface area (Å²) in [6.45, 7) is 7.07. The van der Waals surface area contributed by atoms with Crippen molar-refractivity contribution < 1.29 is 19.2 Å². The Balaban J connectivity index is 2.20. The van der Waals surface area contributed by atoms with Crippen LogP contribution in [0.2, 0.25) is 0 Å². The van der Waals surface area contributed by atoms with E-state index < -0.39 is 4.92 Å². The summed E-state index contributed by atoms with van der Waals surface area (Å²) in [5.74, 6) is -0.159. The van der Waals surface area contributed by atoms with Crippen LogP contribution in [0.25, 0.3) is 0 Å². The van der Waals surface area contributed by atoms with E-state index >= 15 is 0 Å². The van der Waals surface area contributed by atoms with Crippen molar-refractivity contribution in [3.8, 4) is 0 Å². The monoisotopic (exact) mass is 365 g/mol. The van der Waals surface area contributed by atoms with Crippen molar-refractivity contribution in [1.82, 2.24) is 5.32 Å². The highest BCUT2D eigenvalue weighted by molar-refractivity contribution is 5.77. The molecule has 0 aliphatic carbocycles. The molecule has 2 atom stereocenters. The van der Waals surface area contributed by atoms with Crippen LogP contribution in [-0.4, -0.2) is 43.7 Å². The van der Waals surface area contributed by atoms with Crippen LogP contribution >= 0.6 is 0 Å². The number of hydrogen-bond acceptors (Lipinski definition) is 6. The van der Waals surface area contributed by atoms with E-state index in [0.717, 1.165) is 11.3 Å². The van der Waals surface area contributed by atoms with Gasteiger partial charge in [0.1, 0.15) is 6.61 Å². The average molecular weight is 365 g/mol. The van der Waals surface area contributed by atoms with E-state index in [1.165, 1.54) is 13.2 Å². The fourth-order valence-corrected chi connectivity index (χ4v) is 3.15. The molecule has 0 saturated carbocycles. The summed E-state index contributed by atoms with van der Waals surface area (Å²) in [6, 6.07) is 4.83. The molecule has 26 heavy (non-hydrogen) atoms. The van der Waals surface area contributed by atoms with E-state index in [9.17, 15) is 14.9 Å². The molecule has 144 valence electrons. The fourth-order valence-electron chi connectivity index (χ4n) is 3.15. The number of amides is 1. The molecule has 1 aliphatic heterocycles. The summed E-state index contributed by atoms with van der Waals surface area (Å²) in [4.78, 5) is 22.4. The quantitative estimate of drug-likeness (QED) is 0.542. The second kappa shape index (κ2) is 8.46. The molecule has 0 bridgehead atoms. The van der Waals surface area contributed by atoms with Crippen LogP contribution in [0, 0.1) is 15.5 Å². The number of nitrogens with zero attached hydrogens (tertiary/aromatic N) is 1. The van der Waals surface area contributed by atoms with Crippen molar-refractivity contribution in [2.45, 2.75) is 39.3 Å². The highest BCUT2D eigenvalue weighted by Gasteiger charge is 2.37. The van der Waals surface area contributed by atoms with Crippen molar-refractivity contribution in [2.75, 3.05) is 32.2 Å². The van der Waals surface area contributed by atoms with Crippen LogP contribution in [0.15, 0.2) is 18.2 Å². The summed E-state index contributed by atoms with van der Waals surface area (Å²) in [6.07, 6.45) is 0.435. The third kappa shape index (κ3) is 4.70. The van der Waals surface area contributed by atoms with Crippen LogP contribution in [0.3, 0.4) is 0 Å². The number of rotatable bonds is 8. The van der Waals surface area contributed by atoms with Gasteiger partial charge < -0.3 is 20.1 Å². The number of ether oxygens (including phenoxy) is 2. The molecule has 8 nitrogen and oxygen atoms in total. The van der Waals surface area contributed by atoms with Gasteiger partial charge in [-0.25, -0.2) is 0 Å². The van der Waals surface area contributed by atoms with Gasteiger partial charge in [0.25, 0.3) is 5.69 Å². The van der Waals surface area contributed by atoms with Gasteiger partial charge in [-0.15, -0.1) is 0 Å². The summed E-state index contributed by atoms with van der Waals surface area (Å²) in [5.41, 5.74) is 1.44. The van der Waals surface area contributed by atoms with Gasteiger partial charge in [-0.05, 0) is 19.4 Å². The number of non-ortho nitro benzene ring substituents is 1. The van der Waals surface area contributed by atoms with Crippen LogP contribution in [0.4, 0.5) is 11.4 Å².